The van der Waals surface area contributed by atoms with Crippen LogP contribution in [-0.2, 0) is 28.2 Å². The van der Waals surface area contributed by atoms with E-state index in [0.29, 0.717) is 10.6 Å². The lowest BCUT2D eigenvalue weighted by atomic mass is 9.99. The highest BCUT2D eigenvalue weighted by atomic mass is 31.2. The van der Waals surface area contributed by atoms with Gasteiger partial charge >= 0.3 is 0 Å². The zero-order valence-corrected chi connectivity index (χ0v) is 19.5. The Bertz CT molecular complexity index is 966. The summed E-state index contributed by atoms with van der Waals surface area (Å²) in [4.78, 5) is 0. The van der Waals surface area contributed by atoms with E-state index in [-0.39, 0.29) is 0 Å². The standard InChI is InChI=1S/C24H29O7P/c1-23(2)28-17-18(29-23)20-22(31-24(3,4)30-20)27-19(17)21(25)32(26,15-11-7-5-8-12-15)16-13-9-6-10-14-16/h5-14,17-22,25H,1-4H3/t17-,18+,19?,20-,21-,22-/m0/s1. The molecule has 32 heavy (non-hydrogen) atoms. The molecule has 172 valence electrons. The van der Waals surface area contributed by atoms with Crippen LogP contribution < -0.4 is 10.6 Å². The Morgan fingerprint density at radius 3 is 1.78 bits per heavy atom. The Kier molecular flexibility index (Phi) is 5.38. The highest BCUT2D eigenvalue weighted by molar-refractivity contribution is 7.79. The molecule has 2 aromatic rings. The number of aliphatic hydroxyl groups is 1. The van der Waals surface area contributed by atoms with Crippen LogP contribution in [-0.4, -0.2) is 53.2 Å². The van der Waals surface area contributed by atoms with Crippen LogP contribution in [0.25, 0.3) is 0 Å². The summed E-state index contributed by atoms with van der Waals surface area (Å²) < 4.78 is 45.2. The maximum atomic E-state index is 14.7. The molecule has 1 N–H and O–H groups in total. The quantitative estimate of drug-likeness (QED) is 0.703. The summed E-state index contributed by atoms with van der Waals surface area (Å²) in [5.41, 5.74) is 0. The Balaban J connectivity index is 1.58. The molecule has 5 rings (SSSR count). The Morgan fingerprint density at radius 1 is 0.750 bits per heavy atom. The fourth-order valence-corrected chi connectivity index (χ4v) is 7.64. The second-order valence-electron chi connectivity index (χ2n) is 9.38. The molecule has 3 heterocycles. The van der Waals surface area contributed by atoms with E-state index in [4.69, 9.17) is 23.7 Å². The number of rotatable bonds is 4. The number of aliphatic hydroxyl groups excluding tert-OH is 1. The van der Waals surface area contributed by atoms with Crippen molar-refractivity contribution in [3.63, 3.8) is 0 Å². The van der Waals surface area contributed by atoms with Gasteiger partial charge in [-0.2, -0.15) is 0 Å². The van der Waals surface area contributed by atoms with Crippen LogP contribution in [0.1, 0.15) is 27.7 Å². The third-order valence-electron chi connectivity index (χ3n) is 6.14. The van der Waals surface area contributed by atoms with Gasteiger partial charge in [0.1, 0.15) is 30.3 Å². The molecule has 0 aliphatic carbocycles. The normalized spacial score (nSPS) is 34.0. The lowest BCUT2D eigenvalue weighted by Crippen LogP contribution is -2.59. The topological polar surface area (TPSA) is 83.5 Å². The van der Waals surface area contributed by atoms with Crippen molar-refractivity contribution in [2.75, 3.05) is 0 Å². The average molecular weight is 460 g/mol. The van der Waals surface area contributed by atoms with E-state index in [2.05, 4.69) is 0 Å². The van der Waals surface area contributed by atoms with Gasteiger partial charge in [0.15, 0.2) is 25.0 Å². The van der Waals surface area contributed by atoms with Crippen molar-refractivity contribution < 1.29 is 33.4 Å². The third-order valence-corrected chi connectivity index (χ3v) is 9.31. The van der Waals surface area contributed by atoms with Gasteiger partial charge in [0.25, 0.3) is 0 Å². The van der Waals surface area contributed by atoms with E-state index in [1.54, 1.807) is 52.0 Å². The second-order valence-corrected chi connectivity index (χ2v) is 12.3. The van der Waals surface area contributed by atoms with Crippen LogP contribution in [0.5, 0.6) is 0 Å². The molecule has 2 aromatic carbocycles. The van der Waals surface area contributed by atoms with E-state index >= 15 is 0 Å². The molecule has 3 fully saturated rings. The minimum Gasteiger partial charge on any atom is -0.382 e. The van der Waals surface area contributed by atoms with Gasteiger partial charge in [-0.15, -0.1) is 0 Å². The highest BCUT2D eigenvalue weighted by Gasteiger charge is 2.63. The van der Waals surface area contributed by atoms with Crippen molar-refractivity contribution >= 4 is 17.8 Å². The molecule has 0 spiro atoms. The van der Waals surface area contributed by atoms with Gasteiger partial charge in [-0.25, -0.2) is 0 Å². The molecule has 3 aliphatic rings. The molecule has 6 atom stereocenters. The molecule has 7 nitrogen and oxygen atoms in total. The van der Waals surface area contributed by atoms with Crippen molar-refractivity contribution in [1.82, 2.24) is 0 Å². The summed E-state index contributed by atoms with van der Waals surface area (Å²) in [5.74, 6) is -3.17. The van der Waals surface area contributed by atoms with Gasteiger partial charge in [-0.05, 0) is 27.7 Å². The first-order chi connectivity index (χ1) is 15.1. The molecule has 3 saturated heterocycles. The van der Waals surface area contributed by atoms with Crippen molar-refractivity contribution in [1.29, 1.82) is 0 Å². The predicted molar refractivity (Wildman–Crippen MR) is 118 cm³/mol. The number of hydrogen-bond donors (Lipinski definition) is 1. The first-order valence-electron chi connectivity index (χ1n) is 10.9. The molecular weight excluding hydrogens is 431 g/mol. The van der Waals surface area contributed by atoms with Crippen LogP contribution in [0.2, 0.25) is 0 Å². The minimum atomic E-state index is -3.54. The van der Waals surface area contributed by atoms with Gasteiger partial charge in [-0.1, -0.05) is 60.7 Å². The summed E-state index contributed by atoms with van der Waals surface area (Å²) >= 11 is 0. The van der Waals surface area contributed by atoms with Crippen molar-refractivity contribution in [3.05, 3.63) is 60.7 Å². The Hall–Kier alpha value is -1.57. The van der Waals surface area contributed by atoms with E-state index in [0.717, 1.165) is 0 Å². The summed E-state index contributed by atoms with van der Waals surface area (Å²) in [6.45, 7) is 7.21. The Labute approximate surface area is 188 Å². The lowest BCUT2D eigenvalue weighted by molar-refractivity contribution is -0.244. The van der Waals surface area contributed by atoms with E-state index in [1.165, 1.54) is 0 Å². The van der Waals surface area contributed by atoms with Gasteiger partial charge in [0, 0.05) is 10.6 Å². The molecule has 0 aromatic heterocycles. The monoisotopic (exact) mass is 460 g/mol. The maximum Gasteiger partial charge on any atom is 0.190 e. The lowest BCUT2D eigenvalue weighted by Gasteiger charge is -2.41. The third kappa shape index (κ3) is 3.66. The zero-order chi connectivity index (χ0) is 22.7. The fraction of sp³-hybridized carbons (Fsp3) is 0.500. The first kappa shape index (κ1) is 22.2. The van der Waals surface area contributed by atoms with Gasteiger partial charge in [0.05, 0.1) is 0 Å². The fourth-order valence-electron chi connectivity index (χ4n) is 4.84. The molecule has 1 unspecified atom stereocenters. The zero-order valence-electron chi connectivity index (χ0n) is 18.6. The molecule has 0 radical (unpaired) electrons. The molecule has 8 heteroatoms. The van der Waals surface area contributed by atoms with Crippen LogP contribution in [0, 0.1) is 0 Å². The highest BCUT2D eigenvalue weighted by Crippen LogP contribution is 2.54. The summed E-state index contributed by atoms with van der Waals surface area (Å²) in [6, 6.07) is 18.0. The minimum absolute atomic E-state index is 0.520. The molecule has 0 bridgehead atoms. The van der Waals surface area contributed by atoms with Gasteiger partial charge in [0.2, 0.25) is 0 Å². The number of ether oxygens (including phenoxy) is 5. The summed E-state index contributed by atoms with van der Waals surface area (Å²) in [5, 5.41) is 12.8. The van der Waals surface area contributed by atoms with E-state index in [9.17, 15) is 9.67 Å². The molecular formula is C24H29O7P. The van der Waals surface area contributed by atoms with Gasteiger partial charge < -0.3 is 33.4 Å². The maximum absolute atomic E-state index is 14.7. The molecule has 3 aliphatic heterocycles. The largest absolute Gasteiger partial charge is 0.382 e. The summed E-state index contributed by atoms with van der Waals surface area (Å²) in [7, 11) is -3.54. The summed E-state index contributed by atoms with van der Waals surface area (Å²) in [6.07, 6.45) is -3.46. The van der Waals surface area contributed by atoms with Crippen LogP contribution >= 0.6 is 7.14 Å². The van der Waals surface area contributed by atoms with Crippen LogP contribution in [0.4, 0.5) is 0 Å². The molecule has 0 amide bonds. The Morgan fingerprint density at radius 2 is 1.22 bits per heavy atom. The predicted octanol–water partition coefficient (Wildman–Crippen LogP) is 2.72. The number of benzene rings is 2. The molecule has 0 saturated carbocycles. The smallest absolute Gasteiger partial charge is 0.190 e. The second kappa shape index (κ2) is 7.74. The van der Waals surface area contributed by atoms with Crippen LogP contribution in [0.3, 0.4) is 0 Å². The van der Waals surface area contributed by atoms with E-state index < -0.39 is 55.3 Å². The van der Waals surface area contributed by atoms with Crippen molar-refractivity contribution in [2.45, 2.75) is 75.8 Å². The van der Waals surface area contributed by atoms with Crippen LogP contribution in [0.15, 0.2) is 60.7 Å². The number of fused-ring (bicyclic) bond motifs is 3. The van der Waals surface area contributed by atoms with Crippen molar-refractivity contribution in [3.8, 4) is 0 Å². The first-order valence-corrected chi connectivity index (χ1v) is 12.6. The van der Waals surface area contributed by atoms with Gasteiger partial charge in [-0.3, -0.25) is 0 Å². The van der Waals surface area contributed by atoms with Crippen molar-refractivity contribution in [2.24, 2.45) is 0 Å². The average Bonchev–Trinajstić information content (AvgIpc) is 3.27. The SMILES string of the molecule is CC1(C)O[C@@H]2OC([C@@H](O)P(=O)(c3ccccc3)c3ccccc3)[C@H]3OC(C)(C)O[C@H]3[C@@H]2O1. The number of hydrogen-bond acceptors (Lipinski definition) is 7. The van der Waals surface area contributed by atoms with E-state index in [1.807, 2.05) is 36.4 Å².